The van der Waals surface area contributed by atoms with Gasteiger partial charge in [-0.2, -0.15) is 0 Å². The lowest BCUT2D eigenvalue weighted by Crippen LogP contribution is -2.00. The number of furan rings is 1. The average molecular weight is 606 g/mol. The summed E-state index contributed by atoms with van der Waals surface area (Å²) in [4.78, 5) is 15.3. The van der Waals surface area contributed by atoms with E-state index in [1.54, 1.807) is 0 Å². The molecule has 0 saturated heterocycles. The Balaban J connectivity index is 1.24. The van der Waals surface area contributed by atoms with Gasteiger partial charge in [0.25, 0.3) is 0 Å². The summed E-state index contributed by atoms with van der Waals surface area (Å²) in [5.41, 5.74) is 4.48. The van der Waals surface area contributed by atoms with Crippen LogP contribution in [0.1, 0.15) is 0 Å². The van der Waals surface area contributed by atoms with Crippen molar-refractivity contribution in [1.82, 2.24) is 15.0 Å². The van der Waals surface area contributed by atoms with Crippen LogP contribution in [0, 0.1) is 0 Å². The van der Waals surface area contributed by atoms with E-state index in [4.69, 9.17) is 19.4 Å². The van der Waals surface area contributed by atoms with Gasteiger partial charge < -0.3 is 4.42 Å². The third-order valence-electron chi connectivity index (χ3n) is 8.91. The van der Waals surface area contributed by atoms with Crippen LogP contribution in [0.15, 0.2) is 144 Å². The summed E-state index contributed by atoms with van der Waals surface area (Å²) >= 11 is 1.86. The second-order valence-corrected chi connectivity index (χ2v) is 12.6. The highest BCUT2D eigenvalue weighted by molar-refractivity contribution is 7.26. The molecule has 0 aliphatic rings. The first kappa shape index (κ1) is 25.4. The molecule has 0 unspecified atom stereocenters. The van der Waals surface area contributed by atoms with Crippen LogP contribution < -0.4 is 0 Å². The molecule has 7 aromatic carbocycles. The average Bonchev–Trinajstić information content (AvgIpc) is 3.69. The molecular weight excluding hydrogens is 583 g/mol. The predicted molar refractivity (Wildman–Crippen MR) is 191 cm³/mol. The number of para-hydroxylation sites is 1. The van der Waals surface area contributed by atoms with E-state index in [9.17, 15) is 0 Å². The van der Waals surface area contributed by atoms with Crippen molar-refractivity contribution in [3.8, 4) is 34.2 Å². The molecule has 5 heteroatoms. The van der Waals surface area contributed by atoms with Crippen molar-refractivity contribution >= 4 is 75.0 Å². The minimum absolute atomic E-state index is 0.607. The van der Waals surface area contributed by atoms with Gasteiger partial charge in [0.15, 0.2) is 17.5 Å². The van der Waals surface area contributed by atoms with Crippen molar-refractivity contribution < 1.29 is 4.42 Å². The lowest BCUT2D eigenvalue weighted by molar-refractivity contribution is 0.669. The number of benzene rings is 7. The van der Waals surface area contributed by atoms with Gasteiger partial charge in [0.05, 0.1) is 0 Å². The maximum Gasteiger partial charge on any atom is 0.164 e. The molecule has 4 nitrogen and oxygen atoms in total. The van der Waals surface area contributed by atoms with Crippen LogP contribution in [0.2, 0.25) is 0 Å². The Morgan fingerprint density at radius 2 is 1.09 bits per heavy atom. The molecule has 10 rings (SSSR count). The van der Waals surface area contributed by atoms with E-state index in [2.05, 4.69) is 84.9 Å². The Labute approximate surface area is 267 Å². The number of thiophene rings is 1. The highest BCUT2D eigenvalue weighted by atomic mass is 32.1. The maximum atomic E-state index is 6.24. The SMILES string of the molecule is c1ccc(-c2nc(-c3ccc4c(c3)oc3ccccc34)nc(-c3cc4ccc5c6ccccc6sc5c4c4ccccc34)n2)cc1. The molecule has 0 amide bonds. The summed E-state index contributed by atoms with van der Waals surface area (Å²) in [6, 6.07) is 48.5. The number of fused-ring (bicyclic) bond motifs is 10. The Morgan fingerprint density at radius 1 is 0.435 bits per heavy atom. The van der Waals surface area contributed by atoms with Gasteiger partial charge in [-0.3, -0.25) is 0 Å². The smallest absolute Gasteiger partial charge is 0.164 e. The van der Waals surface area contributed by atoms with Crippen molar-refractivity contribution in [3.63, 3.8) is 0 Å². The fourth-order valence-electron chi connectivity index (χ4n) is 6.76. The molecule has 0 N–H and O–H groups in total. The third-order valence-corrected chi connectivity index (χ3v) is 10.1. The van der Waals surface area contributed by atoms with Crippen LogP contribution in [0.5, 0.6) is 0 Å². The summed E-state index contributed by atoms with van der Waals surface area (Å²) < 4.78 is 8.84. The van der Waals surface area contributed by atoms with Gasteiger partial charge in [-0.1, -0.05) is 109 Å². The van der Waals surface area contributed by atoms with Gasteiger partial charge in [-0.05, 0) is 46.5 Å². The Bertz CT molecular complexity index is 2820. The van der Waals surface area contributed by atoms with E-state index < -0.39 is 0 Å². The molecule has 0 atom stereocenters. The lowest BCUT2D eigenvalue weighted by Gasteiger charge is -2.13. The molecule has 0 bridgehead atoms. The molecule has 0 aliphatic heterocycles. The van der Waals surface area contributed by atoms with E-state index >= 15 is 0 Å². The van der Waals surface area contributed by atoms with Gasteiger partial charge in [-0.15, -0.1) is 11.3 Å². The number of rotatable bonds is 3. The molecule has 3 heterocycles. The van der Waals surface area contributed by atoms with Crippen molar-refractivity contribution in [2.24, 2.45) is 0 Å². The zero-order chi connectivity index (χ0) is 30.2. The van der Waals surface area contributed by atoms with Crippen molar-refractivity contribution in [2.45, 2.75) is 0 Å². The topological polar surface area (TPSA) is 51.8 Å². The number of hydrogen-bond acceptors (Lipinski definition) is 5. The minimum Gasteiger partial charge on any atom is -0.456 e. The van der Waals surface area contributed by atoms with Crippen LogP contribution in [-0.2, 0) is 0 Å². The standard InChI is InChI=1S/C41H23N3OS/c1-2-10-24(11-3-1)39-42-40(26-19-20-29-28-13-6-8-16-34(28)45-35(29)23-26)44-41(43-39)33-22-25-18-21-32-30-14-7-9-17-36(30)46-38(32)37(25)31-15-5-4-12-27(31)33/h1-23H. The molecule has 0 radical (unpaired) electrons. The Morgan fingerprint density at radius 3 is 1.96 bits per heavy atom. The van der Waals surface area contributed by atoms with Crippen molar-refractivity contribution in [2.75, 3.05) is 0 Å². The molecule has 10 aromatic rings. The normalized spacial score (nSPS) is 11.9. The van der Waals surface area contributed by atoms with E-state index in [1.807, 2.05) is 65.9 Å². The number of nitrogens with zero attached hydrogens (tertiary/aromatic N) is 3. The first-order chi connectivity index (χ1) is 22.8. The fourth-order valence-corrected chi connectivity index (χ4v) is 8.04. The quantitative estimate of drug-likeness (QED) is 0.188. The second-order valence-electron chi connectivity index (χ2n) is 11.6. The second kappa shape index (κ2) is 9.80. The molecule has 0 spiro atoms. The van der Waals surface area contributed by atoms with Gasteiger partial charge in [0.1, 0.15) is 11.2 Å². The number of aromatic nitrogens is 3. The maximum absolute atomic E-state index is 6.24. The van der Waals surface area contributed by atoms with Crippen molar-refractivity contribution in [1.29, 1.82) is 0 Å². The Kier molecular flexibility index (Phi) is 5.41. The Hall–Kier alpha value is -5.91. The monoisotopic (exact) mass is 605 g/mol. The van der Waals surface area contributed by atoms with Gasteiger partial charge >= 0.3 is 0 Å². The summed E-state index contributed by atoms with van der Waals surface area (Å²) in [6.07, 6.45) is 0. The van der Waals surface area contributed by atoms with Crippen LogP contribution in [0.25, 0.3) is 97.8 Å². The number of hydrogen-bond donors (Lipinski definition) is 0. The van der Waals surface area contributed by atoms with E-state index in [0.29, 0.717) is 17.5 Å². The predicted octanol–water partition coefficient (Wildman–Crippen LogP) is 11.4. The van der Waals surface area contributed by atoms with Crippen LogP contribution in [-0.4, -0.2) is 15.0 Å². The van der Waals surface area contributed by atoms with Crippen LogP contribution >= 0.6 is 11.3 Å². The fraction of sp³-hybridized carbons (Fsp3) is 0. The molecule has 46 heavy (non-hydrogen) atoms. The van der Waals surface area contributed by atoms with E-state index in [0.717, 1.165) is 44.0 Å². The highest BCUT2D eigenvalue weighted by Gasteiger charge is 2.19. The van der Waals surface area contributed by atoms with Gasteiger partial charge in [0.2, 0.25) is 0 Å². The lowest BCUT2D eigenvalue weighted by atomic mass is 9.95. The largest absolute Gasteiger partial charge is 0.456 e. The highest BCUT2D eigenvalue weighted by Crippen LogP contribution is 2.43. The summed E-state index contributed by atoms with van der Waals surface area (Å²) in [7, 11) is 0. The third kappa shape index (κ3) is 3.82. The van der Waals surface area contributed by atoms with Crippen LogP contribution in [0.3, 0.4) is 0 Å². The molecule has 0 fully saturated rings. The summed E-state index contributed by atoms with van der Waals surface area (Å²) in [5, 5.41) is 9.51. The van der Waals surface area contributed by atoms with Crippen molar-refractivity contribution in [3.05, 3.63) is 140 Å². The zero-order valence-corrected chi connectivity index (χ0v) is 25.3. The molecular formula is C41H23N3OS. The van der Waals surface area contributed by atoms with E-state index in [1.165, 1.54) is 36.3 Å². The van der Waals surface area contributed by atoms with Gasteiger partial charge in [-0.25, -0.2) is 15.0 Å². The molecule has 214 valence electrons. The van der Waals surface area contributed by atoms with Gasteiger partial charge in [0, 0.05) is 53.0 Å². The van der Waals surface area contributed by atoms with E-state index in [-0.39, 0.29) is 0 Å². The molecule has 0 saturated carbocycles. The first-order valence-electron chi connectivity index (χ1n) is 15.3. The summed E-state index contributed by atoms with van der Waals surface area (Å²) in [6.45, 7) is 0. The summed E-state index contributed by atoms with van der Waals surface area (Å²) in [5.74, 6) is 1.88. The first-order valence-corrected chi connectivity index (χ1v) is 16.1. The van der Waals surface area contributed by atoms with Crippen LogP contribution in [0.4, 0.5) is 0 Å². The zero-order valence-electron chi connectivity index (χ0n) is 24.4. The minimum atomic E-state index is 0.607. The molecule has 0 aliphatic carbocycles. The molecule has 3 aromatic heterocycles.